The molecule has 0 aliphatic carbocycles. The Morgan fingerprint density at radius 3 is 2.58 bits per heavy atom. The van der Waals surface area contributed by atoms with Crippen molar-refractivity contribution in [3.8, 4) is 5.75 Å². The van der Waals surface area contributed by atoms with Crippen LogP contribution in [-0.2, 0) is 11.3 Å². The van der Waals surface area contributed by atoms with Gasteiger partial charge in [0.1, 0.15) is 11.6 Å². The molecule has 2 aromatic carbocycles. The first-order valence-corrected chi connectivity index (χ1v) is 8.42. The Balaban J connectivity index is 1.86. The molecule has 0 saturated carbocycles. The quantitative estimate of drug-likeness (QED) is 0.769. The smallest absolute Gasteiger partial charge is 0.238 e. The van der Waals surface area contributed by atoms with E-state index in [1.165, 1.54) is 12.1 Å². The van der Waals surface area contributed by atoms with E-state index >= 15 is 0 Å². The Morgan fingerprint density at radius 2 is 1.96 bits per heavy atom. The number of carbonyl (C=O) groups excluding carboxylic acids is 1. The van der Waals surface area contributed by atoms with Crippen molar-refractivity contribution in [2.24, 2.45) is 0 Å². The molecule has 0 spiro atoms. The zero-order valence-corrected chi connectivity index (χ0v) is 15.3. The lowest BCUT2D eigenvalue weighted by Gasteiger charge is -2.17. The third-order valence-electron chi connectivity index (χ3n) is 3.31. The highest BCUT2D eigenvalue weighted by molar-refractivity contribution is 9.10. The fraction of sp³-hybridized carbons (Fsp3) is 0.278. The molecule has 6 heteroatoms. The second-order valence-electron chi connectivity index (χ2n) is 5.42. The molecule has 0 aliphatic heterocycles. The number of halogens is 2. The third-order valence-corrected chi connectivity index (χ3v) is 3.80. The maximum Gasteiger partial charge on any atom is 0.238 e. The summed E-state index contributed by atoms with van der Waals surface area (Å²) in [7, 11) is 1.84. The minimum Gasteiger partial charge on any atom is -0.494 e. The minimum atomic E-state index is -0.466. The van der Waals surface area contributed by atoms with Crippen molar-refractivity contribution >= 4 is 27.5 Å². The average Bonchev–Trinajstić information content (AvgIpc) is 2.52. The van der Waals surface area contributed by atoms with E-state index in [1.807, 2.05) is 43.1 Å². The number of hydrogen-bond acceptors (Lipinski definition) is 3. The zero-order valence-electron chi connectivity index (χ0n) is 13.7. The van der Waals surface area contributed by atoms with E-state index in [2.05, 4.69) is 21.2 Å². The molecule has 24 heavy (non-hydrogen) atoms. The topological polar surface area (TPSA) is 41.6 Å². The highest BCUT2D eigenvalue weighted by atomic mass is 79.9. The first-order valence-electron chi connectivity index (χ1n) is 7.63. The lowest BCUT2D eigenvalue weighted by molar-refractivity contribution is -0.117. The third kappa shape index (κ3) is 5.62. The number of nitrogens with zero attached hydrogens (tertiary/aromatic N) is 1. The van der Waals surface area contributed by atoms with Gasteiger partial charge in [0.2, 0.25) is 5.91 Å². The van der Waals surface area contributed by atoms with E-state index in [4.69, 9.17) is 4.74 Å². The van der Waals surface area contributed by atoms with Crippen LogP contribution in [0.25, 0.3) is 0 Å². The lowest BCUT2D eigenvalue weighted by Crippen LogP contribution is -2.30. The van der Waals surface area contributed by atoms with Gasteiger partial charge in [-0.1, -0.05) is 28.1 Å². The van der Waals surface area contributed by atoms with Crippen LogP contribution in [0.15, 0.2) is 46.9 Å². The standard InChI is InChI=1S/C18H20BrFN2O2/c1-3-24-15-7-4-13(5-8-15)11-22(2)12-18(23)21-17-9-6-14(19)10-16(17)20/h4-10H,3,11-12H2,1-2H3,(H,21,23). The summed E-state index contributed by atoms with van der Waals surface area (Å²) in [5.41, 5.74) is 1.25. The molecule has 1 N–H and O–H groups in total. The molecular formula is C18H20BrFN2O2. The van der Waals surface area contributed by atoms with Crippen LogP contribution in [0.1, 0.15) is 12.5 Å². The number of likely N-dealkylation sites (N-methyl/N-ethyl adjacent to an activating group) is 1. The fourth-order valence-electron chi connectivity index (χ4n) is 2.25. The van der Waals surface area contributed by atoms with Crippen LogP contribution >= 0.6 is 15.9 Å². The Kier molecular flexibility index (Phi) is 6.75. The van der Waals surface area contributed by atoms with Crippen LogP contribution in [0.3, 0.4) is 0 Å². The van der Waals surface area contributed by atoms with Crippen molar-refractivity contribution in [2.45, 2.75) is 13.5 Å². The fourth-order valence-corrected chi connectivity index (χ4v) is 2.58. The van der Waals surface area contributed by atoms with Crippen molar-refractivity contribution in [3.05, 3.63) is 58.3 Å². The number of rotatable bonds is 7. The molecule has 0 aliphatic rings. The van der Waals surface area contributed by atoms with E-state index in [1.54, 1.807) is 6.07 Å². The van der Waals surface area contributed by atoms with Gasteiger partial charge in [-0.2, -0.15) is 0 Å². The van der Waals surface area contributed by atoms with Gasteiger partial charge in [0.05, 0.1) is 18.8 Å². The molecule has 0 saturated heterocycles. The largest absolute Gasteiger partial charge is 0.494 e. The number of amides is 1. The molecule has 4 nitrogen and oxygen atoms in total. The summed E-state index contributed by atoms with van der Waals surface area (Å²) in [6.45, 7) is 3.35. The predicted octanol–water partition coefficient (Wildman–Crippen LogP) is 4.06. The first-order chi connectivity index (χ1) is 11.5. The van der Waals surface area contributed by atoms with E-state index in [-0.39, 0.29) is 18.1 Å². The van der Waals surface area contributed by atoms with Crippen LogP contribution in [0, 0.1) is 5.82 Å². The Hall–Kier alpha value is -1.92. The SMILES string of the molecule is CCOc1ccc(CN(C)CC(=O)Nc2ccc(Br)cc2F)cc1. The highest BCUT2D eigenvalue weighted by Crippen LogP contribution is 2.19. The molecule has 128 valence electrons. The van der Waals surface area contributed by atoms with Gasteiger partial charge >= 0.3 is 0 Å². The second-order valence-corrected chi connectivity index (χ2v) is 6.34. The summed E-state index contributed by atoms with van der Waals surface area (Å²) >= 11 is 3.18. The van der Waals surface area contributed by atoms with Gasteiger partial charge in [-0.25, -0.2) is 4.39 Å². The van der Waals surface area contributed by atoms with Crippen molar-refractivity contribution in [2.75, 3.05) is 25.5 Å². The van der Waals surface area contributed by atoms with Crippen LogP contribution in [0.2, 0.25) is 0 Å². The van der Waals surface area contributed by atoms with Crippen LogP contribution in [0.5, 0.6) is 5.75 Å². The van der Waals surface area contributed by atoms with E-state index in [0.29, 0.717) is 17.6 Å². The molecule has 0 aromatic heterocycles. The van der Waals surface area contributed by atoms with Crippen LogP contribution < -0.4 is 10.1 Å². The normalized spacial score (nSPS) is 10.7. The van der Waals surface area contributed by atoms with Gasteiger partial charge in [0.25, 0.3) is 0 Å². The number of anilines is 1. The Labute approximate surface area is 149 Å². The van der Waals surface area contributed by atoms with Crippen molar-refractivity contribution < 1.29 is 13.9 Å². The van der Waals surface area contributed by atoms with Crippen molar-refractivity contribution in [3.63, 3.8) is 0 Å². The molecule has 0 bridgehead atoms. The van der Waals surface area contributed by atoms with Gasteiger partial charge < -0.3 is 10.1 Å². The summed E-state index contributed by atoms with van der Waals surface area (Å²) in [6.07, 6.45) is 0. The molecular weight excluding hydrogens is 375 g/mol. The highest BCUT2D eigenvalue weighted by Gasteiger charge is 2.10. The van der Waals surface area contributed by atoms with Crippen molar-refractivity contribution in [1.82, 2.24) is 4.90 Å². The zero-order chi connectivity index (χ0) is 17.5. The van der Waals surface area contributed by atoms with Crippen LogP contribution in [-0.4, -0.2) is 31.0 Å². The van der Waals surface area contributed by atoms with Gasteiger partial charge in [0, 0.05) is 11.0 Å². The Morgan fingerprint density at radius 1 is 1.25 bits per heavy atom. The number of hydrogen-bond donors (Lipinski definition) is 1. The average molecular weight is 395 g/mol. The van der Waals surface area contributed by atoms with Gasteiger partial charge in [-0.3, -0.25) is 9.69 Å². The van der Waals surface area contributed by atoms with E-state index in [9.17, 15) is 9.18 Å². The molecule has 0 heterocycles. The van der Waals surface area contributed by atoms with E-state index in [0.717, 1.165) is 11.3 Å². The Bertz CT molecular complexity index is 692. The van der Waals surface area contributed by atoms with Gasteiger partial charge in [-0.15, -0.1) is 0 Å². The number of ether oxygens (including phenoxy) is 1. The number of benzene rings is 2. The molecule has 0 unspecified atom stereocenters. The molecule has 0 radical (unpaired) electrons. The van der Waals surface area contributed by atoms with Gasteiger partial charge in [-0.05, 0) is 49.9 Å². The molecule has 0 atom stereocenters. The monoisotopic (exact) mass is 394 g/mol. The first kappa shape index (κ1) is 18.4. The minimum absolute atomic E-state index is 0.169. The molecule has 0 fully saturated rings. The summed E-state index contributed by atoms with van der Waals surface area (Å²) in [5.74, 6) is 0.101. The maximum absolute atomic E-state index is 13.7. The van der Waals surface area contributed by atoms with Crippen molar-refractivity contribution in [1.29, 1.82) is 0 Å². The second kappa shape index (κ2) is 8.80. The van der Waals surface area contributed by atoms with Crippen LogP contribution in [0.4, 0.5) is 10.1 Å². The predicted molar refractivity (Wildman–Crippen MR) is 96.7 cm³/mol. The summed E-state index contributed by atoms with van der Waals surface area (Å²) in [5, 5.41) is 2.58. The van der Waals surface area contributed by atoms with E-state index < -0.39 is 5.82 Å². The molecule has 2 aromatic rings. The molecule has 2 rings (SSSR count). The number of nitrogens with one attached hydrogen (secondary N) is 1. The summed E-state index contributed by atoms with van der Waals surface area (Å²) < 4.78 is 19.8. The maximum atomic E-state index is 13.7. The van der Waals surface area contributed by atoms with Gasteiger partial charge in [0.15, 0.2) is 0 Å². The lowest BCUT2D eigenvalue weighted by atomic mass is 10.2. The molecule has 1 amide bonds. The number of carbonyl (C=O) groups is 1. The summed E-state index contributed by atoms with van der Waals surface area (Å²) in [6, 6.07) is 12.3. The summed E-state index contributed by atoms with van der Waals surface area (Å²) in [4.78, 5) is 13.9.